The maximum Gasteiger partial charge on any atom is 0.125 e. The molecule has 23 heavy (non-hydrogen) atoms. The topological polar surface area (TPSA) is 59.1 Å². The van der Waals surface area contributed by atoms with Crippen LogP contribution in [0, 0.1) is 0 Å². The number of nitrogens with two attached hydrogens (primary N) is 1. The molecule has 0 fully saturated rings. The van der Waals surface area contributed by atoms with Crippen molar-refractivity contribution in [3.8, 4) is 16.9 Å². The Balaban J connectivity index is 2.13. The number of fused-ring (bicyclic) bond motifs is 3. The fourth-order valence-electron chi connectivity index (χ4n) is 2.87. The number of rotatable bonds is 2. The minimum absolute atomic E-state index is 0.156. The lowest BCUT2D eigenvalue weighted by molar-refractivity contribution is 0.478. The summed E-state index contributed by atoms with van der Waals surface area (Å²) >= 11 is 7.92. The summed E-state index contributed by atoms with van der Waals surface area (Å²) in [5, 5.41) is 14.9. The zero-order chi connectivity index (χ0) is 16.0. The first kappa shape index (κ1) is 14.5. The van der Waals surface area contributed by atoms with Gasteiger partial charge in [-0.2, -0.15) is 0 Å². The first-order valence-corrected chi connectivity index (χ1v) is 8.41. The molecule has 3 nitrogen and oxygen atoms in total. The van der Waals surface area contributed by atoms with Gasteiger partial charge in [0.15, 0.2) is 0 Å². The minimum Gasteiger partial charge on any atom is -0.507 e. The van der Waals surface area contributed by atoms with E-state index in [1.165, 1.54) is 0 Å². The van der Waals surface area contributed by atoms with Gasteiger partial charge in [0.05, 0.1) is 15.2 Å². The Hall–Kier alpha value is -2.14. The molecule has 114 valence electrons. The quantitative estimate of drug-likeness (QED) is 0.543. The summed E-state index contributed by atoms with van der Waals surface area (Å²) in [7, 11) is 0. The molecule has 0 unspecified atom stereocenters. The number of aromatic nitrogens is 1. The van der Waals surface area contributed by atoms with Crippen molar-refractivity contribution in [1.29, 1.82) is 0 Å². The molecule has 2 aromatic carbocycles. The molecule has 4 rings (SSSR count). The fraction of sp³-hybridized carbons (Fsp3) is 0.0556. The molecule has 2 aromatic heterocycles. The van der Waals surface area contributed by atoms with Crippen molar-refractivity contribution in [2.75, 3.05) is 0 Å². The molecule has 4 aromatic rings. The highest BCUT2D eigenvalue weighted by atomic mass is 35.5. The Kier molecular flexibility index (Phi) is 3.45. The highest BCUT2D eigenvalue weighted by molar-refractivity contribution is 7.17. The highest BCUT2D eigenvalue weighted by Crippen LogP contribution is 2.43. The third kappa shape index (κ3) is 2.27. The Labute approximate surface area is 142 Å². The lowest BCUT2D eigenvalue weighted by Crippen LogP contribution is -1.95. The molecule has 0 saturated heterocycles. The van der Waals surface area contributed by atoms with Crippen LogP contribution < -0.4 is 5.73 Å². The Morgan fingerprint density at radius 3 is 2.70 bits per heavy atom. The van der Waals surface area contributed by atoms with Gasteiger partial charge in [0.25, 0.3) is 0 Å². The van der Waals surface area contributed by atoms with Crippen LogP contribution >= 0.6 is 22.9 Å². The van der Waals surface area contributed by atoms with Crippen LogP contribution in [0.3, 0.4) is 0 Å². The summed E-state index contributed by atoms with van der Waals surface area (Å²) in [5.41, 5.74) is 9.09. The van der Waals surface area contributed by atoms with Gasteiger partial charge in [-0.1, -0.05) is 35.9 Å². The van der Waals surface area contributed by atoms with Gasteiger partial charge in [-0.05, 0) is 22.6 Å². The van der Waals surface area contributed by atoms with E-state index < -0.39 is 0 Å². The average Bonchev–Trinajstić information content (AvgIpc) is 3.04. The largest absolute Gasteiger partial charge is 0.507 e. The lowest BCUT2D eigenvalue weighted by Gasteiger charge is -2.12. The Bertz CT molecular complexity index is 1020. The number of halogens is 1. The van der Waals surface area contributed by atoms with Gasteiger partial charge in [0.1, 0.15) is 5.75 Å². The Morgan fingerprint density at radius 2 is 1.96 bits per heavy atom. The van der Waals surface area contributed by atoms with Crippen molar-refractivity contribution >= 4 is 43.9 Å². The van der Waals surface area contributed by atoms with Crippen LogP contribution in [0.25, 0.3) is 32.1 Å². The molecule has 3 N–H and O–H groups in total. The summed E-state index contributed by atoms with van der Waals surface area (Å²) < 4.78 is 1.07. The maximum absolute atomic E-state index is 10.5. The van der Waals surface area contributed by atoms with Gasteiger partial charge < -0.3 is 10.8 Å². The monoisotopic (exact) mass is 340 g/mol. The van der Waals surface area contributed by atoms with Crippen LogP contribution in [0.2, 0.25) is 5.02 Å². The molecule has 0 spiro atoms. The van der Waals surface area contributed by atoms with Crippen LogP contribution in [0.4, 0.5) is 0 Å². The second kappa shape index (κ2) is 5.49. The van der Waals surface area contributed by atoms with E-state index in [4.69, 9.17) is 17.3 Å². The molecule has 0 aliphatic heterocycles. The van der Waals surface area contributed by atoms with Crippen LogP contribution in [-0.4, -0.2) is 10.1 Å². The highest BCUT2D eigenvalue weighted by Gasteiger charge is 2.16. The number of pyridine rings is 1. The van der Waals surface area contributed by atoms with Gasteiger partial charge in [0, 0.05) is 35.1 Å². The van der Waals surface area contributed by atoms with Crippen LogP contribution in [0.1, 0.15) is 5.56 Å². The first-order chi connectivity index (χ1) is 11.2. The third-order valence-electron chi connectivity index (χ3n) is 3.99. The number of thiophene rings is 1. The summed E-state index contributed by atoms with van der Waals surface area (Å²) in [5.74, 6) is 0.156. The average molecular weight is 341 g/mol. The summed E-state index contributed by atoms with van der Waals surface area (Å²) in [4.78, 5) is 4.49. The molecule has 0 amide bonds. The lowest BCUT2D eigenvalue weighted by atomic mass is 9.96. The van der Waals surface area contributed by atoms with Gasteiger partial charge in [0.2, 0.25) is 0 Å². The number of hydrogen-bond donors (Lipinski definition) is 2. The fourth-order valence-corrected chi connectivity index (χ4v) is 3.87. The van der Waals surface area contributed by atoms with Crippen LogP contribution in [0.15, 0.2) is 48.0 Å². The van der Waals surface area contributed by atoms with Crippen molar-refractivity contribution in [3.05, 3.63) is 58.6 Å². The normalized spacial score (nSPS) is 11.4. The standard InChI is InChI=1S/C18H13ClN2OS/c19-13-7-14(22)16(11-3-1-10(8-20)2-4-11)17-12-5-6-23-15(12)9-21-18(13)17/h1-7,9,22H,8,20H2. The molecule has 5 heteroatoms. The van der Waals surface area contributed by atoms with E-state index in [9.17, 15) is 5.11 Å². The second-order valence-corrected chi connectivity index (χ2v) is 6.69. The van der Waals surface area contributed by atoms with Crippen molar-refractivity contribution in [2.45, 2.75) is 6.54 Å². The number of hydrogen-bond acceptors (Lipinski definition) is 4. The van der Waals surface area contributed by atoms with Crippen LogP contribution in [0.5, 0.6) is 5.75 Å². The number of nitrogens with zero attached hydrogens (tertiary/aromatic N) is 1. The summed E-state index contributed by atoms with van der Waals surface area (Å²) in [6.07, 6.45) is 1.83. The van der Waals surface area contributed by atoms with Gasteiger partial charge in [-0.15, -0.1) is 11.3 Å². The molecule has 0 atom stereocenters. The smallest absolute Gasteiger partial charge is 0.125 e. The van der Waals surface area contributed by atoms with Crippen molar-refractivity contribution in [1.82, 2.24) is 4.98 Å². The first-order valence-electron chi connectivity index (χ1n) is 7.16. The predicted octanol–water partition coefficient (Wildman–Crippen LogP) is 4.93. The van der Waals surface area contributed by atoms with Crippen molar-refractivity contribution in [3.63, 3.8) is 0 Å². The van der Waals surface area contributed by atoms with Gasteiger partial charge >= 0.3 is 0 Å². The molecular weight excluding hydrogens is 328 g/mol. The van der Waals surface area contributed by atoms with Crippen LogP contribution in [-0.2, 0) is 6.54 Å². The van der Waals surface area contributed by atoms with E-state index in [0.29, 0.717) is 17.1 Å². The molecule has 0 saturated carbocycles. The maximum atomic E-state index is 10.5. The SMILES string of the molecule is NCc1ccc(-c2c(O)cc(Cl)c3ncc4sccc4c23)cc1. The number of benzene rings is 2. The molecule has 0 aliphatic rings. The van der Waals surface area contributed by atoms with Gasteiger partial charge in [-0.3, -0.25) is 4.98 Å². The molecular formula is C18H13ClN2OS. The van der Waals surface area contributed by atoms with E-state index >= 15 is 0 Å². The Morgan fingerprint density at radius 1 is 1.17 bits per heavy atom. The third-order valence-corrected chi connectivity index (χ3v) is 5.13. The van der Waals surface area contributed by atoms with Gasteiger partial charge in [-0.25, -0.2) is 0 Å². The zero-order valence-corrected chi connectivity index (χ0v) is 13.7. The number of phenols is 1. The second-order valence-electron chi connectivity index (χ2n) is 5.33. The summed E-state index contributed by atoms with van der Waals surface area (Å²) in [6, 6.07) is 11.5. The molecule has 0 aliphatic carbocycles. The van der Waals surface area contributed by atoms with E-state index in [-0.39, 0.29) is 5.75 Å². The minimum atomic E-state index is 0.156. The van der Waals surface area contributed by atoms with E-state index in [2.05, 4.69) is 4.98 Å². The number of aromatic hydroxyl groups is 1. The number of phenolic OH excluding ortho intramolecular Hbond substituents is 1. The zero-order valence-electron chi connectivity index (χ0n) is 12.1. The molecule has 0 bridgehead atoms. The van der Waals surface area contributed by atoms with Crippen molar-refractivity contribution < 1.29 is 5.11 Å². The van der Waals surface area contributed by atoms with E-state index in [0.717, 1.165) is 32.2 Å². The summed E-state index contributed by atoms with van der Waals surface area (Å²) in [6.45, 7) is 0.490. The van der Waals surface area contributed by atoms with Crippen molar-refractivity contribution in [2.24, 2.45) is 5.73 Å². The molecule has 0 radical (unpaired) electrons. The van der Waals surface area contributed by atoms with E-state index in [1.54, 1.807) is 17.4 Å². The van der Waals surface area contributed by atoms with E-state index in [1.807, 2.05) is 41.9 Å². The predicted molar refractivity (Wildman–Crippen MR) is 97.1 cm³/mol. The molecule has 2 heterocycles.